The zero-order valence-electron chi connectivity index (χ0n) is 11.2. The lowest BCUT2D eigenvalue weighted by molar-refractivity contribution is -0.117. The van der Waals surface area contributed by atoms with Crippen LogP contribution in [0.1, 0.15) is 12.8 Å². The molecule has 20 heavy (non-hydrogen) atoms. The van der Waals surface area contributed by atoms with E-state index in [9.17, 15) is 9.59 Å². The SMILES string of the molecule is O=C(NCCCO)NC1CC(=O)N(c2ccccc2)C1. The lowest BCUT2D eigenvalue weighted by Crippen LogP contribution is -2.43. The normalized spacial score (nSPS) is 18.1. The Labute approximate surface area is 117 Å². The highest BCUT2D eigenvalue weighted by Gasteiger charge is 2.31. The van der Waals surface area contributed by atoms with Crippen molar-refractivity contribution in [2.45, 2.75) is 18.9 Å². The fourth-order valence-corrected chi connectivity index (χ4v) is 2.18. The van der Waals surface area contributed by atoms with Gasteiger partial charge in [0.05, 0.1) is 6.04 Å². The molecule has 1 fully saturated rings. The highest BCUT2D eigenvalue weighted by atomic mass is 16.3. The van der Waals surface area contributed by atoms with Gasteiger partial charge in [0.15, 0.2) is 0 Å². The highest BCUT2D eigenvalue weighted by Crippen LogP contribution is 2.20. The lowest BCUT2D eigenvalue weighted by Gasteiger charge is -2.17. The molecule has 0 bridgehead atoms. The third kappa shape index (κ3) is 3.71. The first kappa shape index (κ1) is 14.3. The van der Waals surface area contributed by atoms with Gasteiger partial charge in [-0.3, -0.25) is 4.79 Å². The van der Waals surface area contributed by atoms with Crippen LogP contribution in [0.25, 0.3) is 0 Å². The largest absolute Gasteiger partial charge is 0.396 e. The van der Waals surface area contributed by atoms with Crippen molar-refractivity contribution >= 4 is 17.6 Å². The lowest BCUT2D eigenvalue weighted by atomic mass is 10.2. The summed E-state index contributed by atoms with van der Waals surface area (Å²) in [6.45, 7) is 0.950. The van der Waals surface area contributed by atoms with Gasteiger partial charge in [0, 0.05) is 31.8 Å². The molecule has 0 aromatic heterocycles. The topological polar surface area (TPSA) is 81.7 Å². The fourth-order valence-electron chi connectivity index (χ4n) is 2.18. The van der Waals surface area contributed by atoms with Crippen molar-refractivity contribution < 1.29 is 14.7 Å². The molecular weight excluding hydrogens is 258 g/mol. The molecule has 2 rings (SSSR count). The van der Waals surface area contributed by atoms with E-state index in [1.54, 1.807) is 4.90 Å². The Bertz CT molecular complexity index is 464. The summed E-state index contributed by atoms with van der Waals surface area (Å²) < 4.78 is 0. The number of hydrogen-bond donors (Lipinski definition) is 3. The monoisotopic (exact) mass is 277 g/mol. The molecule has 1 aromatic rings. The molecule has 1 aromatic carbocycles. The van der Waals surface area contributed by atoms with Gasteiger partial charge in [-0.25, -0.2) is 4.79 Å². The zero-order valence-corrected chi connectivity index (χ0v) is 11.2. The van der Waals surface area contributed by atoms with Crippen LogP contribution in [0.15, 0.2) is 30.3 Å². The van der Waals surface area contributed by atoms with Crippen LogP contribution >= 0.6 is 0 Å². The molecule has 6 nitrogen and oxygen atoms in total. The summed E-state index contributed by atoms with van der Waals surface area (Å²) in [5, 5.41) is 14.0. The smallest absolute Gasteiger partial charge is 0.315 e. The highest BCUT2D eigenvalue weighted by molar-refractivity contribution is 5.96. The first-order chi connectivity index (χ1) is 9.70. The molecule has 1 unspecified atom stereocenters. The molecule has 1 atom stereocenters. The third-order valence-electron chi connectivity index (χ3n) is 3.15. The number of carbonyl (C=O) groups is 2. The number of aliphatic hydroxyl groups is 1. The summed E-state index contributed by atoms with van der Waals surface area (Å²) in [4.78, 5) is 25.2. The predicted molar refractivity (Wildman–Crippen MR) is 75.4 cm³/mol. The Morgan fingerprint density at radius 1 is 1.35 bits per heavy atom. The Morgan fingerprint density at radius 3 is 2.80 bits per heavy atom. The maximum Gasteiger partial charge on any atom is 0.315 e. The van der Waals surface area contributed by atoms with Gasteiger partial charge >= 0.3 is 6.03 Å². The summed E-state index contributed by atoms with van der Waals surface area (Å²) in [7, 11) is 0. The summed E-state index contributed by atoms with van der Waals surface area (Å²) in [5.41, 5.74) is 0.850. The van der Waals surface area contributed by atoms with Crippen LogP contribution in [0.5, 0.6) is 0 Å². The van der Waals surface area contributed by atoms with E-state index in [0.717, 1.165) is 5.69 Å². The number of amides is 3. The second-order valence-corrected chi connectivity index (χ2v) is 4.72. The number of carbonyl (C=O) groups excluding carboxylic acids is 2. The molecule has 0 saturated carbocycles. The molecule has 3 N–H and O–H groups in total. The van der Waals surface area contributed by atoms with Crippen LogP contribution in [-0.4, -0.2) is 42.8 Å². The standard InChI is InChI=1S/C14H19N3O3/c18-8-4-7-15-14(20)16-11-9-13(19)17(10-11)12-5-2-1-3-6-12/h1-3,5-6,11,18H,4,7-10H2,(H2,15,16,20). The first-order valence-electron chi connectivity index (χ1n) is 6.71. The van der Waals surface area contributed by atoms with Crippen molar-refractivity contribution in [2.75, 3.05) is 24.6 Å². The van der Waals surface area contributed by atoms with Gasteiger partial charge in [0.1, 0.15) is 0 Å². The van der Waals surface area contributed by atoms with E-state index in [4.69, 9.17) is 5.11 Å². The molecule has 1 aliphatic heterocycles. The molecular formula is C14H19N3O3. The van der Waals surface area contributed by atoms with Crippen molar-refractivity contribution in [3.05, 3.63) is 30.3 Å². The number of rotatable bonds is 5. The van der Waals surface area contributed by atoms with Crippen LogP contribution < -0.4 is 15.5 Å². The molecule has 1 saturated heterocycles. The summed E-state index contributed by atoms with van der Waals surface area (Å²) in [5.74, 6) is 0.0110. The minimum atomic E-state index is -0.300. The molecule has 108 valence electrons. The second kappa shape index (κ2) is 6.91. The van der Waals surface area contributed by atoms with Crippen LogP contribution in [0.4, 0.5) is 10.5 Å². The van der Waals surface area contributed by atoms with Crippen LogP contribution in [0.3, 0.4) is 0 Å². The first-order valence-corrected chi connectivity index (χ1v) is 6.71. The van der Waals surface area contributed by atoms with Crippen molar-refractivity contribution in [1.82, 2.24) is 10.6 Å². The third-order valence-corrected chi connectivity index (χ3v) is 3.15. The number of para-hydroxylation sites is 1. The Hall–Kier alpha value is -2.08. The zero-order chi connectivity index (χ0) is 14.4. The number of nitrogens with one attached hydrogen (secondary N) is 2. The van der Waals surface area contributed by atoms with E-state index < -0.39 is 0 Å². The van der Waals surface area contributed by atoms with Gasteiger partial charge in [0.25, 0.3) is 0 Å². The second-order valence-electron chi connectivity index (χ2n) is 4.72. The van der Waals surface area contributed by atoms with Gasteiger partial charge in [-0.05, 0) is 18.6 Å². The van der Waals surface area contributed by atoms with E-state index in [1.165, 1.54) is 0 Å². The average Bonchev–Trinajstić information content (AvgIpc) is 2.81. The predicted octanol–water partition coefficient (Wildman–Crippen LogP) is 0.474. The molecule has 6 heteroatoms. The Morgan fingerprint density at radius 2 is 2.10 bits per heavy atom. The quantitative estimate of drug-likeness (QED) is 0.684. The molecule has 1 aliphatic rings. The molecule has 0 radical (unpaired) electrons. The molecule has 0 spiro atoms. The van der Waals surface area contributed by atoms with Gasteiger partial charge in [0.2, 0.25) is 5.91 Å². The van der Waals surface area contributed by atoms with E-state index in [-0.39, 0.29) is 24.6 Å². The number of benzene rings is 1. The number of urea groups is 1. The van der Waals surface area contributed by atoms with Gasteiger partial charge in [-0.1, -0.05) is 18.2 Å². The maximum absolute atomic E-state index is 11.9. The van der Waals surface area contributed by atoms with Crippen LogP contribution in [0, 0.1) is 0 Å². The van der Waals surface area contributed by atoms with E-state index in [0.29, 0.717) is 25.9 Å². The minimum Gasteiger partial charge on any atom is -0.396 e. The van der Waals surface area contributed by atoms with Crippen molar-refractivity contribution in [3.63, 3.8) is 0 Å². The van der Waals surface area contributed by atoms with Gasteiger partial charge in [-0.15, -0.1) is 0 Å². The van der Waals surface area contributed by atoms with Gasteiger partial charge < -0.3 is 20.6 Å². The fraction of sp³-hybridized carbons (Fsp3) is 0.429. The molecule has 0 aliphatic carbocycles. The summed E-state index contributed by atoms with van der Waals surface area (Å²) >= 11 is 0. The van der Waals surface area contributed by atoms with Gasteiger partial charge in [-0.2, -0.15) is 0 Å². The number of anilines is 1. The van der Waals surface area contributed by atoms with E-state index in [2.05, 4.69) is 10.6 Å². The molecule has 3 amide bonds. The minimum absolute atomic E-state index is 0.0110. The van der Waals surface area contributed by atoms with E-state index in [1.807, 2.05) is 30.3 Å². The Balaban J connectivity index is 1.85. The molecule has 1 heterocycles. The van der Waals surface area contributed by atoms with Crippen LogP contribution in [-0.2, 0) is 4.79 Å². The number of nitrogens with zero attached hydrogens (tertiary/aromatic N) is 1. The maximum atomic E-state index is 11.9. The Kier molecular flexibility index (Phi) is 4.95. The summed E-state index contributed by atoms with van der Waals surface area (Å²) in [6.07, 6.45) is 0.829. The van der Waals surface area contributed by atoms with Crippen molar-refractivity contribution in [3.8, 4) is 0 Å². The summed E-state index contributed by atoms with van der Waals surface area (Å²) in [6, 6.07) is 8.93. The number of hydrogen-bond acceptors (Lipinski definition) is 3. The average molecular weight is 277 g/mol. The van der Waals surface area contributed by atoms with E-state index >= 15 is 0 Å². The number of aliphatic hydroxyl groups excluding tert-OH is 1. The van der Waals surface area contributed by atoms with Crippen molar-refractivity contribution in [2.24, 2.45) is 0 Å². The van der Waals surface area contributed by atoms with Crippen LogP contribution in [0.2, 0.25) is 0 Å². The van der Waals surface area contributed by atoms with Crippen molar-refractivity contribution in [1.29, 1.82) is 0 Å².